The van der Waals surface area contributed by atoms with E-state index in [1.54, 1.807) is 0 Å². The van der Waals surface area contributed by atoms with Gasteiger partial charge in [0.2, 0.25) is 0 Å². The predicted octanol–water partition coefficient (Wildman–Crippen LogP) is 3.74. The van der Waals surface area contributed by atoms with E-state index in [1.165, 1.54) is 64.2 Å². The Kier molecular flexibility index (Phi) is 10.5. The van der Waals surface area contributed by atoms with Crippen LogP contribution in [0.5, 0.6) is 0 Å². The molecule has 0 aromatic heterocycles. The van der Waals surface area contributed by atoms with Gasteiger partial charge in [-0.25, -0.2) is 0 Å². The molecule has 20 heavy (non-hydrogen) atoms. The summed E-state index contributed by atoms with van der Waals surface area (Å²) >= 11 is 0. The lowest BCUT2D eigenvalue weighted by Gasteiger charge is -2.21. The molecule has 0 aliphatic carbocycles. The molecule has 1 rings (SSSR count). The van der Waals surface area contributed by atoms with E-state index in [0.717, 1.165) is 19.6 Å². The number of aliphatic imine (C=N–C) groups is 1. The lowest BCUT2D eigenvalue weighted by molar-refractivity contribution is 0.241. The number of hydrogen-bond donors (Lipinski definition) is 1. The molecule has 0 amide bonds. The molecule has 0 radical (unpaired) electrons. The van der Waals surface area contributed by atoms with Gasteiger partial charge in [0.25, 0.3) is 0 Å². The highest BCUT2D eigenvalue weighted by Gasteiger charge is 2.18. The van der Waals surface area contributed by atoms with Crippen molar-refractivity contribution in [1.82, 2.24) is 4.90 Å². The molecule has 0 spiro atoms. The Labute approximate surface area is 125 Å². The van der Waals surface area contributed by atoms with Crippen molar-refractivity contribution in [2.75, 3.05) is 19.6 Å². The van der Waals surface area contributed by atoms with Gasteiger partial charge in [0.05, 0.1) is 0 Å². The first-order valence-electron chi connectivity index (χ1n) is 8.45. The summed E-state index contributed by atoms with van der Waals surface area (Å²) in [6.07, 6.45) is 17.8. The van der Waals surface area contributed by atoms with Gasteiger partial charge in [-0.05, 0) is 25.7 Å². The fraction of sp³-hybridized carbons (Fsp3) is 0.824. The third-order valence-corrected chi connectivity index (χ3v) is 4.05. The van der Waals surface area contributed by atoms with E-state index >= 15 is 0 Å². The van der Waals surface area contributed by atoms with Crippen molar-refractivity contribution in [2.45, 2.75) is 70.4 Å². The molecular formula is C17H33N3. The number of unbranched alkanes of at least 4 members (excludes halogenated alkanes) is 8. The van der Waals surface area contributed by atoms with Crippen LogP contribution >= 0.6 is 0 Å². The fourth-order valence-electron chi connectivity index (χ4n) is 2.83. The molecule has 0 bridgehead atoms. The summed E-state index contributed by atoms with van der Waals surface area (Å²) in [7, 11) is 0. The lowest BCUT2D eigenvalue weighted by Crippen LogP contribution is -2.34. The highest BCUT2D eigenvalue weighted by molar-refractivity contribution is 5.62. The van der Waals surface area contributed by atoms with E-state index in [4.69, 9.17) is 5.73 Å². The SMILES string of the molecule is C=CCCCCCCCCCCC1N=CCN1CCN. The first kappa shape index (κ1) is 17.4. The minimum atomic E-state index is 0.414. The van der Waals surface area contributed by atoms with Crippen LogP contribution < -0.4 is 5.73 Å². The molecule has 0 fully saturated rings. The molecule has 1 heterocycles. The zero-order valence-electron chi connectivity index (χ0n) is 13.1. The zero-order chi connectivity index (χ0) is 14.5. The molecule has 2 N–H and O–H groups in total. The summed E-state index contributed by atoms with van der Waals surface area (Å²) < 4.78 is 0. The van der Waals surface area contributed by atoms with Crippen molar-refractivity contribution < 1.29 is 0 Å². The third-order valence-electron chi connectivity index (χ3n) is 4.05. The van der Waals surface area contributed by atoms with Crippen LogP contribution in [0, 0.1) is 0 Å². The molecule has 1 atom stereocenters. The lowest BCUT2D eigenvalue weighted by atomic mass is 10.1. The topological polar surface area (TPSA) is 41.6 Å². The van der Waals surface area contributed by atoms with Gasteiger partial charge in [-0.3, -0.25) is 9.89 Å². The maximum absolute atomic E-state index is 5.62. The third kappa shape index (κ3) is 7.81. The first-order valence-corrected chi connectivity index (χ1v) is 8.45. The minimum Gasteiger partial charge on any atom is -0.329 e. The summed E-state index contributed by atoms with van der Waals surface area (Å²) in [4.78, 5) is 6.94. The van der Waals surface area contributed by atoms with Gasteiger partial charge in [-0.15, -0.1) is 6.58 Å². The molecule has 0 saturated carbocycles. The number of nitrogens with zero attached hydrogens (tertiary/aromatic N) is 2. The highest BCUT2D eigenvalue weighted by Crippen LogP contribution is 2.16. The molecule has 3 nitrogen and oxygen atoms in total. The van der Waals surface area contributed by atoms with Crippen molar-refractivity contribution in [3.05, 3.63) is 12.7 Å². The largest absolute Gasteiger partial charge is 0.329 e. The van der Waals surface area contributed by atoms with Crippen molar-refractivity contribution in [3.8, 4) is 0 Å². The summed E-state index contributed by atoms with van der Waals surface area (Å²) in [5.74, 6) is 0. The molecule has 1 aliphatic rings. The van der Waals surface area contributed by atoms with Crippen LogP contribution in [0.4, 0.5) is 0 Å². The Morgan fingerprint density at radius 1 is 1.10 bits per heavy atom. The van der Waals surface area contributed by atoms with Gasteiger partial charge < -0.3 is 5.73 Å². The van der Waals surface area contributed by atoms with Gasteiger partial charge in [-0.1, -0.05) is 44.6 Å². The average molecular weight is 279 g/mol. The maximum Gasteiger partial charge on any atom is 0.102 e. The van der Waals surface area contributed by atoms with Gasteiger partial charge in [0.15, 0.2) is 0 Å². The van der Waals surface area contributed by atoms with Crippen molar-refractivity contribution in [1.29, 1.82) is 0 Å². The number of nitrogens with two attached hydrogens (primary N) is 1. The van der Waals surface area contributed by atoms with Gasteiger partial charge in [-0.2, -0.15) is 0 Å². The average Bonchev–Trinajstić information content (AvgIpc) is 2.89. The summed E-state index contributed by atoms with van der Waals surface area (Å²) in [6, 6.07) is 0. The second-order valence-corrected chi connectivity index (χ2v) is 5.79. The van der Waals surface area contributed by atoms with E-state index < -0.39 is 0 Å². The van der Waals surface area contributed by atoms with Gasteiger partial charge in [0.1, 0.15) is 6.17 Å². The number of hydrogen-bond acceptors (Lipinski definition) is 3. The van der Waals surface area contributed by atoms with Crippen LogP contribution in [-0.4, -0.2) is 36.9 Å². The molecule has 116 valence electrons. The second kappa shape index (κ2) is 12.1. The van der Waals surface area contributed by atoms with E-state index in [0.29, 0.717) is 6.17 Å². The summed E-state index contributed by atoms with van der Waals surface area (Å²) in [6.45, 7) is 6.47. The normalized spacial score (nSPS) is 18.8. The van der Waals surface area contributed by atoms with E-state index in [1.807, 2.05) is 12.3 Å². The van der Waals surface area contributed by atoms with Crippen molar-refractivity contribution in [2.24, 2.45) is 10.7 Å². The van der Waals surface area contributed by atoms with Crippen LogP contribution in [0.25, 0.3) is 0 Å². The molecule has 0 saturated heterocycles. The van der Waals surface area contributed by atoms with E-state index in [2.05, 4.69) is 16.5 Å². The fourth-order valence-corrected chi connectivity index (χ4v) is 2.83. The van der Waals surface area contributed by atoms with E-state index in [-0.39, 0.29) is 0 Å². The van der Waals surface area contributed by atoms with Crippen molar-refractivity contribution >= 4 is 6.21 Å². The van der Waals surface area contributed by atoms with Crippen molar-refractivity contribution in [3.63, 3.8) is 0 Å². The Bertz CT molecular complexity index is 263. The minimum absolute atomic E-state index is 0.414. The van der Waals surface area contributed by atoms with Crippen LogP contribution in [0.3, 0.4) is 0 Å². The number of allylic oxidation sites excluding steroid dienone is 1. The Balaban J connectivity index is 1.87. The van der Waals surface area contributed by atoms with Crippen LogP contribution in [0.2, 0.25) is 0 Å². The summed E-state index contributed by atoms with van der Waals surface area (Å²) in [5, 5.41) is 0. The quantitative estimate of drug-likeness (QED) is 0.412. The molecule has 1 aliphatic heterocycles. The second-order valence-electron chi connectivity index (χ2n) is 5.79. The van der Waals surface area contributed by atoms with Gasteiger partial charge >= 0.3 is 0 Å². The molecule has 3 heteroatoms. The Morgan fingerprint density at radius 3 is 2.40 bits per heavy atom. The predicted molar refractivity (Wildman–Crippen MR) is 89.3 cm³/mol. The van der Waals surface area contributed by atoms with Gasteiger partial charge in [0, 0.05) is 25.8 Å². The zero-order valence-corrected chi connectivity index (χ0v) is 13.1. The molecule has 1 unspecified atom stereocenters. The standard InChI is InChI=1S/C17H33N3/c1-2-3-4-5-6-7-8-9-10-11-12-17-19-14-16-20(17)15-13-18/h2,14,17H,1,3-13,15-16,18H2. The van der Waals surface area contributed by atoms with Crippen LogP contribution in [0.1, 0.15) is 64.2 Å². The highest BCUT2D eigenvalue weighted by atomic mass is 15.3. The van der Waals surface area contributed by atoms with Crippen LogP contribution in [-0.2, 0) is 0 Å². The van der Waals surface area contributed by atoms with E-state index in [9.17, 15) is 0 Å². The Morgan fingerprint density at radius 2 is 1.75 bits per heavy atom. The first-order chi connectivity index (χ1) is 9.88. The number of rotatable bonds is 13. The summed E-state index contributed by atoms with van der Waals surface area (Å²) in [5.41, 5.74) is 5.62. The monoisotopic (exact) mass is 279 g/mol. The maximum atomic E-state index is 5.62. The smallest absolute Gasteiger partial charge is 0.102 e. The molecule has 0 aromatic rings. The van der Waals surface area contributed by atoms with Crippen LogP contribution in [0.15, 0.2) is 17.6 Å². The molecule has 0 aromatic carbocycles. The Hall–Kier alpha value is -0.670. The molecular weight excluding hydrogens is 246 g/mol.